The van der Waals surface area contributed by atoms with Crippen molar-refractivity contribution in [2.45, 2.75) is 44.9 Å². The molecule has 0 unspecified atom stereocenters. The molecule has 0 aromatic heterocycles. The Balaban J connectivity index is 1.50. The zero-order valence-electron chi connectivity index (χ0n) is 14.9. The minimum atomic E-state index is -0.687. The molecule has 1 heterocycles. The molecule has 1 aromatic carbocycles. The molecular weight excluding hydrogens is 330 g/mol. The summed E-state index contributed by atoms with van der Waals surface area (Å²) in [6.45, 7) is 1.16. The van der Waals surface area contributed by atoms with E-state index in [0.29, 0.717) is 25.2 Å². The van der Waals surface area contributed by atoms with Gasteiger partial charge in [0.15, 0.2) is 0 Å². The van der Waals surface area contributed by atoms with Gasteiger partial charge in [0.2, 0.25) is 5.91 Å². The number of carbonyl (C=O) groups excluding carboxylic acids is 3. The molecule has 0 bridgehead atoms. The Morgan fingerprint density at radius 2 is 1.96 bits per heavy atom. The van der Waals surface area contributed by atoms with Gasteiger partial charge in [0.25, 0.3) is 0 Å². The van der Waals surface area contributed by atoms with Crippen molar-refractivity contribution in [3.8, 4) is 0 Å². The fourth-order valence-corrected chi connectivity index (χ4v) is 3.41. The van der Waals surface area contributed by atoms with Crippen LogP contribution in [0.25, 0.3) is 0 Å². The van der Waals surface area contributed by atoms with E-state index < -0.39 is 11.8 Å². The van der Waals surface area contributed by atoms with Gasteiger partial charge in [0, 0.05) is 30.9 Å². The predicted octanol–water partition coefficient (Wildman–Crippen LogP) is 2.76. The van der Waals surface area contributed by atoms with Gasteiger partial charge in [-0.25, -0.2) is 0 Å². The second-order valence-corrected chi connectivity index (χ2v) is 6.77. The molecule has 0 radical (unpaired) electrons. The highest BCUT2D eigenvalue weighted by molar-refractivity contribution is 6.39. The fraction of sp³-hybridized carbons (Fsp3) is 0.450. The molecule has 0 spiro atoms. The van der Waals surface area contributed by atoms with Crippen LogP contribution in [0.3, 0.4) is 0 Å². The van der Waals surface area contributed by atoms with Crippen LogP contribution in [0.15, 0.2) is 35.9 Å². The van der Waals surface area contributed by atoms with Crippen molar-refractivity contribution in [3.05, 3.63) is 35.9 Å². The number of rotatable bonds is 5. The van der Waals surface area contributed by atoms with Crippen molar-refractivity contribution in [2.75, 3.05) is 23.3 Å². The van der Waals surface area contributed by atoms with Crippen molar-refractivity contribution in [1.29, 1.82) is 0 Å². The van der Waals surface area contributed by atoms with Gasteiger partial charge in [0.05, 0.1) is 0 Å². The molecule has 1 aromatic rings. The van der Waals surface area contributed by atoms with E-state index in [0.717, 1.165) is 31.4 Å². The van der Waals surface area contributed by atoms with E-state index in [-0.39, 0.29) is 5.91 Å². The summed E-state index contributed by atoms with van der Waals surface area (Å²) in [7, 11) is 0. The Morgan fingerprint density at radius 1 is 1.08 bits per heavy atom. The summed E-state index contributed by atoms with van der Waals surface area (Å²) in [4.78, 5) is 37.6. The minimum Gasteiger partial charge on any atom is -0.348 e. The number of hydrogen-bond donors (Lipinski definition) is 2. The number of benzene rings is 1. The number of allylic oxidation sites excluding steroid dienone is 1. The van der Waals surface area contributed by atoms with Crippen LogP contribution in [0, 0.1) is 0 Å². The molecule has 2 N–H and O–H groups in total. The Labute approximate surface area is 153 Å². The highest BCUT2D eigenvalue weighted by Crippen LogP contribution is 2.24. The number of carbonyl (C=O) groups is 3. The third-order valence-electron chi connectivity index (χ3n) is 4.81. The maximum absolute atomic E-state index is 12.1. The lowest BCUT2D eigenvalue weighted by Gasteiger charge is -2.16. The number of hydrogen-bond acceptors (Lipinski definition) is 3. The van der Waals surface area contributed by atoms with Gasteiger partial charge < -0.3 is 15.5 Å². The van der Waals surface area contributed by atoms with Gasteiger partial charge in [-0.3, -0.25) is 14.4 Å². The van der Waals surface area contributed by atoms with Crippen LogP contribution in [0.5, 0.6) is 0 Å². The Hall–Kier alpha value is -2.63. The average Bonchev–Trinajstić information content (AvgIpc) is 3.08. The largest absolute Gasteiger partial charge is 0.348 e. The summed E-state index contributed by atoms with van der Waals surface area (Å²) in [5, 5.41) is 5.28. The smallest absolute Gasteiger partial charge is 0.313 e. The van der Waals surface area contributed by atoms with Gasteiger partial charge in [-0.1, -0.05) is 17.7 Å². The summed E-state index contributed by atoms with van der Waals surface area (Å²) in [5.74, 6) is -1.24. The second-order valence-electron chi connectivity index (χ2n) is 6.77. The van der Waals surface area contributed by atoms with E-state index in [1.165, 1.54) is 18.4 Å². The molecule has 1 saturated heterocycles. The average molecular weight is 355 g/mol. The lowest BCUT2D eigenvalue weighted by atomic mass is 9.97. The summed E-state index contributed by atoms with van der Waals surface area (Å²) in [6.07, 6.45) is 9.07. The fourth-order valence-electron chi connectivity index (χ4n) is 3.41. The predicted molar refractivity (Wildman–Crippen MR) is 101 cm³/mol. The van der Waals surface area contributed by atoms with Crippen molar-refractivity contribution < 1.29 is 14.4 Å². The Morgan fingerprint density at radius 3 is 2.69 bits per heavy atom. The first-order chi connectivity index (χ1) is 12.6. The van der Waals surface area contributed by atoms with Crippen LogP contribution in [-0.4, -0.2) is 30.8 Å². The summed E-state index contributed by atoms with van der Waals surface area (Å²) in [5.41, 5.74) is 2.62. The summed E-state index contributed by atoms with van der Waals surface area (Å²) < 4.78 is 0. The molecule has 1 fully saturated rings. The second kappa shape index (κ2) is 8.65. The lowest BCUT2D eigenvalue weighted by molar-refractivity contribution is -0.136. The molecule has 26 heavy (non-hydrogen) atoms. The van der Waals surface area contributed by atoms with Crippen LogP contribution in [-0.2, 0) is 14.4 Å². The van der Waals surface area contributed by atoms with Crippen LogP contribution in [0.2, 0.25) is 0 Å². The van der Waals surface area contributed by atoms with Crippen molar-refractivity contribution in [1.82, 2.24) is 5.32 Å². The van der Waals surface area contributed by atoms with E-state index in [1.807, 2.05) is 6.07 Å². The maximum atomic E-state index is 12.1. The SMILES string of the molecule is O=C(NCCC1=CCCCC1)C(=O)Nc1cccc(N2CCCC2=O)c1. The molecule has 0 saturated carbocycles. The Kier molecular flexibility index (Phi) is 6.04. The number of amides is 3. The molecule has 6 heteroatoms. The molecule has 6 nitrogen and oxygen atoms in total. The van der Waals surface area contributed by atoms with Crippen molar-refractivity contribution in [3.63, 3.8) is 0 Å². The molecule has 2 aliphatic rings. The monoisotopic (exact) mass is 355 g/mol. The quantitative estimate of drug-likeness (QED) is 0.630. The molecular formula is C20H25N3O3. The topological polar surface area (TPSA) is 78.5 Å². The first-order valence-corrected chi connectivity index (χ1v) is 9.31. The first-order valence-electron chi connectivity index (χ1n) is 9.31. The summed E-state index contributed by atoms with van der Waals surface area (Å²) >= 11 is 0. The van der Waals surface area contributed by atoms with Gasteiger partial charge in [-0.15, -0.1) is 0 Å². The maximum Gasteiger partial charge on any atom is 0.313 e. The summed E-state index contributed by atoms with van der Waals surface area (Å²) in [6, 6.07) is 7.03. The van der Waals surface area contributed by atoms with Crippen LogP contribution in [0.4, 0.5) is 11.4 Å². The third-order valence-corrected chi connectivity index (χ3v) is 4.81. The minimum absolute atomic E-state index is 0.0863. The van der Waals surface area contributed by atoms with E-state index >= 15 is 0 Å². The van der Waals surface area contributed by atoms with Gasteiger partial charge in [-0.05, 0) is 56.7 Å². The van der Waals surface area contributed by atoms with E-state index in [4.69, 9.17) is 0 Å². The standard InChI is InChI=1S/C20H25N3O3/c24-18-10-5-13-23(18)17-9-4-8-16(14-17)22-20(26)19(25)21-12-11-15-6-2-1-3-7-15/h4,6,8-9,14H,1-3,5,7,10-13H2,(H,21,25)(H,22,26). The van der Waals surface area contributed by atoms with E-state index in [2.05, 4.69) is 16.7 Å². The molecule has 3 rings (SSSR count). The van der Waals surface area contributed by atoms with Crippen LogP contribution >= 0.6 is 0 Å². The normalized spacial score (nSPS) is 17.0. The lowest BCUT2D eigenvalue weighted by Crippen LogP contribution is -2.36. The van der Waals surface area contributed by atoms with Crippen molar-refractivity contribution >= 4 is 29.1 Å². The van der Waals surface area contributed by atoms with E-state index in [1.54, 1.807) is 23.1 Å². The van der Waals surface area contributed by atoms with E-state index in [9.17, 15) is 14.4 Å². The molecule has 1 aliphatic heterocycles. The Bertz CT molecular complexity index is 727. The van der Waals surface area contributed by atoms with Crippen LogP contribution < -0.4 is 15.5 Å². The van der Waals surface area contributed by atoms with Crippen LogP contribution in [0.1, 0.15) is 44.9 Å². The number of nitrogens with zero attached hydrogens (tertiary/aromatic N) is 1. The zero-order valence-corrected chi connectivity index (χ0v) is 14.9. The van der Waals surface area contributed by atoms with Gasteiger partial charge in [-0.2, -0.15) is 0 Å². The highest BCUT2D eigenvalue weighted by atomic mass is 16.2. The number of anilines is 2. The highest BCUT2D eigenvalue weighted by Gasteiger charge is 2.22. The zero-order chi connectivity index (χ0) is 18.4. The molecule has 138 valence electrons. The van der Waals surface area contributed by atoms with Gasteiger partial charge in [0.1, 0.15) is 0 Å². The third kappa shape index (κ3) is 4.71. The molecule has 3 amide bonds. The van der Waals surface area contributed by atoms with Crippen molar-refractivity contribution in [2.24, 2.45) is 0 Å². The molecule has 1 aliphatic carbocycles. The first kappa shape index (κ1) is 18.2. The van der Waals surface area contributed by atoms with Gasteiger partial charge >= 0.3 is 11.8 Å². The molecule has 0 atom stereocenters. The number of nitrogens with one attached hydrogen (secondary N) is 2.